The Morgan fingerprint density at radius 3 is 2.29 bits per heavy atom. The van der Waals surface area contributed by atoms with Crippen molar-refractivity contribution in [3.05, 3.63) is 57.0 Å². The van der Waals surface area contributed by atoms with Crippen LogP contribution in [0.3, 0.4) is 0 Å². The summed E-state index contributed by atoms with van der Waals surface area (Å²) >= 11 is 3.10. The van der Waals surface area contributed by atoms with Crippen LogP contribution < -0.4 is 11.4 Å². The number of hydrogen-bond donors (Lipinski definition) is 2. The normalized spacial score (nSPS) is 10.9. The maximum absolute atomic E-state index is 13.8. The van der Waals surface area contributed by atoms with Gasteiger partial charge in [0.15, 0.2) is 0 Å². The molecule has 0 fully saturated rings. The summed E-state index contributed by atoms with van der Waals surface area (Å²) in [4.78, 5) is 21.0. The third-order valence-electron chi connectivity index (χ3n) is 3.00. The van der Waals surface area contributed by atoms with E-state index in [9.17, 15) is 31.1 Å². The summed E-state index contributed by atoms with van der Waals surface area (Å²) in [6.45, 7) is -0.836. The van der Waals surface area contributed by atoms with E-state index in [2.05, 4.69) is 21.0 Å². The van der Waals surface area contributed by atoms with Crippen molar-refractivity contribution in [3.63, 3.8) is 0 Å². The van der Waals surface area contributed by atoms with E-state index in [4.69, 9.17) is 15.6 Å². The number of nitrogens with two attached hydrogens (primary N) is 1. The van der Waals surface area contributed by atoms with Gasteiger partial charge in [-0.3, -0.25) is 0 Å². The van der Waals surface area contributed by atoms with Crippen molar-refractivity contribution < 1.29 is 36.2 Å². The fourth-order valence-corrected chi connectivity index (χ4v) is 2.00. The van der Waals surface area contributed by atoms with Crippen LogP contribution in [0.5, 0.6) is 0 Å². The number of carboxylic acids is 1. The fraction of sp³-hybridized carbons (Fsp3) is 0.214. The number of nitrogens with zero attached hydrogens (tertiary/aromatic N) is 3. The number of aliphatic carboxylic acids is 1. The van der Waals surface area contributed by atoms with Crippen molar-refractivity contribution in [2.24, 2.45) is 5.73 Å². The molecular formula is C14H11BrF6N4O3. The van der Waals surface area contributed by atoms with Crippen molar-refractivity contribution in [1.82, 2.24) is 14.3 Å². The molecule has 1 aromatic heterocycles. The zero-order valence-electron chi connectivity index (χ0n) is 13.6. The van der Waals surface area contributed by atoms with E-state index in [1.54, 1.807) is 6.07 Å². The highest BCUT2D eigenvalue weighted by molar-refractivity contribution is 9.10. The third kappa shape index (κ3) is 6.23. The molecule has 28 heavy (non-hydrogen) atoms. The SMILES string of the molecule is NCC(Cn1ncn(-c2ccc(Br)cc2F)c1=O)=C(F)F.O=C(O)C(F)(F)F. The van der Waals surface area contributed by atoms with Crippen LogP contribution in [0.15, 0.2) is 45.4 Å². The van der Waals surface area contributed by atoms with Gasteiger partial charge in [-0.1, -0.05) is 15.9 Å². The van der Waals surface area contributed by atoms with Crippen molar-refractivity contribution in [2.45, 2.75) is 12.7 Å². The largest absolute Gasteiger partial charge is 0.490 e. The molecule has 3 N–H and O–H groups in total. The molecule has 0 spiro atoms. The van der Waals surface area contributed by atoms with Crippen molar-refractivity contribution in [3.8, 4) is 5.69 Å². The second-order valence-corrected chi connectivity index (χ2v) is 5.82. The average molecular weight is 477 g/mol. The number of carboxylic acid groups (broad SMARTS) is 1. The molecule has 0 unspecified atom stereocenters. The Hall–Kier alpha value is -2.61. The number of hydrogen-bond acceptors (Lipinski definition) is 4. The van der Waals surface area contributed by atoms with E-state index in [-0.39, 0.29) is 5.69 Å². The lowest BCUT2D eigenvalue weighted by molar-refractivity contribution is -0.192. The summed E-state index contributed by atoms with van der Waals surface area (Å²) in [6.07, 6.45) is -5.97. The first-order valence-electron chi connectivity index (χ1n) is 7.01. The van der Waals surface area contributed by atoms with Gasteiger partial charge in [0.1, 0.15) is 12.1 Å². The zero-order valence-corrected chi connectivity index (χ0v) is 15.1. The van der Waals surface area contributed by atoms with Crippen LogP contribution >= 0.6 is 15.9 Å². The molecule has 2 rings (SSSR count). The quantitative estimate of drug-likeness (QED) is 0.660. The van der Waals surface area contributed by atoms with Crippen molar-refractivity contribution in [2.75, 3.05) is 6.54 Å². The van der Waals surface area contributed by atoms with Gasteiger partial charge in [-0.2, -0.15) is 27.1 Å². The van der Waals surface area contributed by atoms with E-state index in [0.717, 1.165) is 15.6 Å². The molecule has 0 aliphatic carbocycles. The first-order valence-corrected chi connectivity index (χ1v) is 7.80. The standard InChI is InChI=1S/C12H10BrF3N4O.C2HF3O2/c13-8-1-2-10(9(14)3-8)19-6-18-20(12(19)21)5-7(4-17)11(15)16;3-2(4,5)1(6)7/h1-3,6H,4-5,17H2;(H,6,7). The number of benzene rings is 1. The summed E-state index contributed by atoms with van der Waals surface area (Å²) in [5.74, 6) is -3.40. The minimum atomic E-state index is -5.08. The Labute approximate surface area is 160 Å². The van der Waals surface area contributed by atoms with Crippen LogP contribution in [0.4, 0.5) is 26.3 Å². The molecule has 14 heteroatoms. The fourth-order valence-electron chi connectivity index (χ4n) is 1.67. The van der Waals surface area contributed by atoms with E-state index in [1.165, 1.54) is 12.1 Å². The molecule has 2 aromatic rings. The predicted molar refractivity (Wildman–Crippen MR) is 87.5 cm³/mol. The molecule has 1 aromatic carbocycles. The van der Waals surface area contributed by atoms with E-state index >= 15 is 0 Å². The van der Waals surface area contributed by atoms with Crippen LogP contribution in [-0.4, -0.2) is 38.1 Å². The minimum Gasteiger partial charge on any atom is -0.475 e. The number of halogens is 7. The second-order valence-electron chi connectivity index (χ2n) is 4.91. The van der Waals surface area contributed by atoms with Gasteiger partial charge in [0.05, 0.1) is 12.2 Å². The monoisotopic (exact) mass is 476 g/mol. The lowest BCUT2D eigenvalue weighted by atomic mass is 10.3. The molecular weight excluding hydrogens is 466 g/mol. The summed E-state index contributed by atoms with van der Waals surface area (Å²) in [5.41, 5.74) is 4.02. The van der Waals surface area contributed by atoms with Crippen molar-refractivity contribution >= 4 is 21.9 Å². The Morgan fingerprint density at radius 2 is 1.86 bits per heavy atom. The molecule has 0 aliphatic heterocycles. The smallest absolute Gasteiger partial charge is 0.475 e. The maximum Gasteiger partial charge on any atom is 0.490 e. The molecule has 0 aliphatic rings. The van der Waals surface area contributed by atoms with Crippen LogP contribution in [0, 0.1) is 5.82 Å². The minimum absolute atomic E-state index is 0.0200. The van der Waals surface area contributed by atoms with Gasteiger partial charge in [-0.05, 0) is 18.2 Å². The molecule has 154 valence electrons. The van der Waals surface area contributed by atoms with Gasteiger partial charge < -0.3 is 10.8 Å². The van der Waals surface area contributed by atoms with Gasteiger partial charge in [-0.25, -0.2) is 23.2 Å². The number of aromatic nitrogens is 3. The first kappa shape index (κ1) is 23.4. The van der Waals surface area contributed by atoms with E-state index in [0.29, 0.717) is 4.47 Å². The lowest BCUT2D eigenvalue weighted by Gasteiger charge is -2.04. The zero-order chi connectivity index (χ0) is 21.6. The van der Waals surface area contributed by atoms with Gasteiger partial charge in [0.25, 0.3) is 6.08 Å². The molecule has 0 amide bonds. The van der Waals surface area contributed by atoms with Crippen molar-refractivity contribution in [1.29, 1.82) is 0 Å². The molecule has 7 nitrogen and oxygen atoms in total. The van der Waals surface area contributed by atoms with Crippen LogP contribution in [0.1, 0.15) is 0 Å². The highest BCUT2D eigenvalue weighted by Crippen LogP contribution is 2.17. The van der Waals surface area contributed by atoms with Crippen LogP contribution in [0.25, 0.3) is 5.69 Å². The predicted octanol–water partition coefficient (Wildman–Crippen LogP) is 2.68. The topological polar surface area (TPSA) is 103 Å². The molecule has 0 atom stereocenters. The van der Waals surface area contributed by atoms with E-state index in [1.807, 2.05) is 0 Å². The van der Waals surface area contributed by atoms with Gasteiger partial charge in [0.2, 0.25) is 0 Å². The summed E-state index contributed by atoms with van der Waals surface area (Å²) in [6, 6.07) is 4.11. The Balaban J connectivity index is 0.000000480. The number of rotatable bonds is 4. The highest BCUT2D eigenvalue weighted by atomic mass is 79.9. The van der Waals surface area contributed by atoms with Crippen LogP contribution in [0.2, 0.25) is 0 Å². The number of alkyl halides is 3. The number of carbonyl (C=O) groups is 1. The summed E-state index contributed by atoms with van der Waals surface area (Å²) < 4.78 is 72.9. The molecule has 0 radical (unpaired) electrons. The Bertz CT molecular complexity index is 934. The van der Waals surface area contributed by atoms with Gasteiger partial charge in [-0.15, -0.1) is 0 Å². The highest BCUT2D eigenvalue weighted by Gasteiger charge is 2.38. The maximum atomic E-state index is 13.8. The lowest BCUT2D eigenvalue weighted by Crippen LogP contribution is -2.26. The molecule has 0 bridgehead atoms. The Kier molecular flexibility index (Phi) is 7.99. The van der Waals surface area contributed by atoms with Crippen LogP contribution in [-0.2, 0) is 11.3 Å². The summed E-state index contributed by atoms with van der Waals surface area (Å²) in [5, 5.41) is 10.8. The Morgan fingerprint density at radius 1 is 1.29 bits per heavy atom. The second kappa shape index (κ2) is 9.54. The summed E-state index contributed by atoms with van der Waals surface area (Å²) in [7, 11) is 0. The first-order chi connectivity index (χ1) is 12.9. The average Bonchev–Trinajstić information content (AvgIpc) is 2.92. The van der Waals surface area contributed by atoms with E-state index < -0.39 is 48.4 Å². The molecule has 0 saturated carbocycles. The third-order valence-corrected chi connectivity index (χ3v) is 3.49. The van der Waals surface area contributed by atoms with Gasteiger partial charge in [0, 0.05) is 16.6 Å². The molecule has 0 saturated heterocycles. The molecule has 1 heterocycles. The van der Waals surface area contributed by atoms with Gasteiger partial charge >= 0.3 is 17.8 Å².